The number of nitrogens with zero attached hydrogens (tertiary/aromatic N) is 2. The van der Waals surface area contributed by atoms with E-state index in [1.54, 1.807) is 19.1 Å². The zero-order valence-electron chi connectivity index (χ0n) is 10.5. The van der Waals surface area contributed by atoms with Gasteiger partial charge >= 0.3 is 0 Å². The lowest BCUT2D eigenvalue weighted by Gasteiger charge is -2.07. The first kappa shape index (κ1) is 14.8. The molecule has 98 valence electrons. The molecule has 0 atom stereocenters. The molecular formula is C12H15BrN2O3. The van der Waals surface area contributed by atoms with Gasteiger partial charge in [-0.25, -0.2) is 4.99 Å². The highest BCUT2D eigenvalue weighted by Gasteiger charge is 2.13. The molecule has 0 aliphatic heterocycles. The molecule has 0 heterocycles. The second-order valence-electron chi connectivity index (χ2n) is 4.10. The third kappa shape index (κ3) is 4.54. The van der Waals surface area contributed by atoms with E-state index in [1.807, 2.05) is 13.8 Å². The summed E-state index contributed by atoms with van der Waals surface area (Å²) in [6, 6.07) is 4.67. The number of hydrogen-bond donors (Lipinski definition) is 0. The van der Waals surface area contributed by atoms with Crippen LogP contribution in [0, 0.1) is 10.1 Å². The van der Waals surface area contributed by atoms with Crippen molar-refractivity contribution in [3.05, 3.63) is 32.8 Å². The second-order valence-corrected chi connectivity index (χ2v) is 5.01. The molecular weight excluding hydrogens is 300 g/mol. The van der Waals surface area contributed by atoms with Crippen molar-refractivity contribution in [2.45, 2.75) is 26.9 Å². The van der Waals surface area contributed by atoms with E-state index in [-0.39, 0.29) is 11.8 Å². The van der Waals surface area contributed by atoms with E-state index in [4.69, 9.17) is 4.74 Å². The summed E-state index contributed by atoms with van der Waals surface area (Å²) in [5.74, 6) is 0. The standard InChI is InChI=1S/C12H15BrN2O3/c1-8(2)18-7-9(3)14-11-6-10(13)4-5-12(11)15(16)17/h4-6,8H,7H2,1-3H3. The van der Waals surface area contributed by atoms with Crippen LogP contribution in [0.15, 0.2) is 27.7 Å². The highest BCUT2D eigenvalue weighted by atomic mass is 79.9. The van der Waals surface area contributed by atoms with Gasteiger partial charge in [0.2, 0.25) is 0 Å². The van der Waals surface area contributed by atoms with Gasteiger partial charge in [0.1, 0.15) is 5.69 Å². The third-order valence-corrected chi connectivity index (χ3v) is 2.56. The van der Waals surface area contributed by atoms with Crippen molar-refractivity contribution in [2.75, 3.05) is 6.61 Å². The molecule has 0 spiro atoms. The number of ether oxygens (including phenoxy) is 1. The van der Waals surface area contributed by atoms with Crippen LogP contribution in [0.1, 0.15) is 20.8 Å². The van der Waals surface area contributed by atoms with Gasteiger partial charge in [-0.1, -0.05) is 15.9 Å². The van der Waals surface area contributed by atoms with Crippen molar-refractivity contribution < 1.29 is 9.66 Å². The second kappa shape index (κ2) is 6.61. The molecule has 1 rings (SSSR count). The van der Waals surface area contributed by atoms with Crippen molar-refractivity contribution in [3.63, 3.8) is 0 Å². The Bertz CT molecular complexity index is 472. The Balaban J connectivity index is 2.97. The monoisotopic (exact) mass is 314 g/mol. The molecule has 0 saturated heterocycles. The van der Waals surface area contributed by atoms with Gasteiger partial charge < -0.3 is 4.74 Å². The van der Waals surface area contributed by atoms with Gasteiger partial charge in [0.05, 0.1) is 17.6 Å². The van der Waals surface area contributed by atoms with Crippen molar-refractivity contribution in [1.82, 2.24) is 0 Å². The summed E-state index contributed by atoms with van der Waals surface area (Å²) in [6.07, 6.45) is 0.104. The van der Waals surface area contributed by atoms with E-state index >= 15 is 0 Å². The molecule has 0 fully saturated rings. The maximum atomic E-state index is 10.9. The van der Waals surface area contributed by atoms with Gasteiger partial charge in [0, 0.05) is 16.3 Å². The minimum atomic E-state index is -0.443. The number of aliphatic imine (C=N–C) groups is 1. The first-order chi connectivity index (χ1) is 8.40. The van der Waals surface area contributed by atoms with Crippen LogP contribution in [0.25, 0.3) is 0 Å². The predicted octanol–water partition coefficient (Wildman–Crippen LogP) is 3.87. The molecule has 0 aromatic heterocycles. The minimum absolute atomic E-state index is 0.0119. The van der Waals surface area contributed by atoms with Crippen LogP contribution in [0.4, 0.5) is 11.4 Å². The Morgan fingerprint density at radius 1 is 1.56 bits per heavy atom. The number of halogens is 1. The Morgan fingerprint density at radius 3 is 2.78 bits per heavy atom. The Labute approximate surface area is 114 Å². The number of nitro groups is 1. The maximum Gasteiger partial charge on any atom is 0.294 e. The fourth-order valence-corrected chi connectivity index (χ4v) is 1.61. The average molecular weight is 315 g/mol. The van der Waals surface area contributed by atoms with Gasteiger partial charge in [-0.3, -0.25) is 10.1 Å². The van der Waals surface area contributed by atoms with Crippen LogP contribution in [-0.2, 0) is 4.74 Å². The molecule has 1 aromatic rings. The molecule has 0 amide bonds. The topological polar surface area (TPSA) is 64.7 Å². The largest absolute Gasteiger partial charge is 0.373 e. The molecule has 0 unspecified atom stereocenters. The first-order valence-corrected chi connectivity index (χ1v) is 6.29. The van der Waals surface area contributed by atoms with Crippen LogP contribution in [0.2, 0.25) is 0 Å². The summed E-state index contributed by atoms with van der Waals surface area (Å²) >= 11 is 3.27. The average Bonchev–Trinajstić information content (AvgIpc) is 2.26. The summed E-state index contributed by atoms with van der Waals surface area (Å²) < 4.78 is 6.15. The maximum absolute atomic E-state index is 10.9. The number of hydrogen-bond acceptors (Lipinski definition) is 4. The van der Waals surface area contributed by atoms with E-state index in [2.05, 4.69) is 20.9 Å². The van der Waals surface area contributed by atoms with Crippen LogP contribution >= 0.6 is 15.9 Å². The van der Waals surface area contributed by atoms with E-state index in [0.717, 1.165) is 4.47 Å². The molecule has 5 nitrogen and oxygen atoms in total. The quantitative estimate of drug-likeness (QED) is 0.470. The summed E-state index contributed by atoms with van der Waals surface area (Å²) in [4.78, 5) is 14.7. The molecule has 6 heteroatoms. The highest BCUT2D eigenvalue weighted by Crippen LogP contribution is 2.30. The molecule has 0 saturated carbocycles. The fourth-order valence-electron chi connectivity index (χ4n) is 1.27. The van der Waals surface area contributed by atoms with Crippen molar-refractivity contribution in [3.8, 4) is 0 Å². The SMILES string of the molecule is CC(COC(C)C)=Nc1cc(Br)ccc1[N+](=O)[O-]. The minimum Gasteiger partial charge on any atom is -0.373 e. The van der Waals surface area contributed by atoms with Gasteiger partial charge in [0.25, 0.3) is 5.69 Å². The van der Waals surface area contributed by atoms with E-state index in [0.29, 0.717) is 18.0 Å². The van der Waals surface area contributed by atoms with E-state index in [1.165, 1.54) is 6.07 Å². The Morgan fingerprint density at radius 2 is 2.22 bits per heavy atom. The summed E-state index contributed by atoms with van der Waals surface area (Å²) in [5.41, 5.74) is 1.02. The zero-order chi connectivity index (χ0) is 13.7. The molecule has 0 N–H and O–H groups in total. The smallest absolute Gasteiger partial charge is 0.294 e. The van der Waals surface area contributed by atoms with Gasteiger partial charge in [-0.2, -0.15) is 0 Å². The molecule has 0 radical (unpaired) electrons. The van der Waals surface area contributed by atoms with Gasteiger partial charge in [-0.05, 0) is 32.9 Å². The van der Waals surface area contributed by atoms with Gasteiger partial charge in [0.15, 0.2) is 0 Å². The molecule has 18 heavy (non-hydrogen) atoms. The lowest BCUT2D eigenvalue weighted by molar-refractivity contribution is -0.384. The van der Waals surface area contributed by atoms with Crippen molar-refractivity contribution in [2.24, 2.45) is 4.99 Å². The molecule has 0 aliphatic carbocycles. The van der Waals surface area contributed by atoms with Crippen LogP contribution in [0.5, 0.6) is 0 Å². The lowest BCUT2D eigenvalue weighted by Crippen LogP contribution is -2.10. The number of rotatable bonds is 5. The number of benzene rings is 1. The van der Waals surface area contributed by atoms with E-state index < -0.39 is 4.92 Å². The highest BCUT2D eigenvalue weighted by molar-refractivity contribution is 9.10. The lowest BCUT2D eigenvalue weighted by atomic mass is 10.2. The number of nitro benzene ring substituents is 1. The molecule has 0 bridgehead atoms. The van der Waals surface area contributed by atoms with Crippen LogP contribution < -0.4 is 0 Å². The third-order valence-electron chi connectivity index (χ3n) is 2.07. The molecule has 1 aromatic carbocycles. The van der Waals surface area contributed by atoms with Gasteiger partial charge in [-0.15, -0.1) is 0 Å². The van der Waals surface area contributed by atoms with E-state index in [9.17, 15) is 10.1 Å². The first-order valence-electron chi connectivity index (χ1n) is 5.50. The van der Waals surface area contributed by atoms with Crippen LogP contribution in [-0.4, -0.2) is 23.3 Å². The summed E-state index contributed by atoms with van der Waals surface area (Å²) in [6.45, 7) is 6.00. The van der Waals surface area contributed by atoms with Crippen LogP contribution in [0.3, 0.4) is 0 Å². The Kier molecular flexibility index (Phi) is 5.43. The van der Waals surface area contributed by atoms with Crippen molar-refractivity contribution in [1.29, 1.82) is 0 Å². The summed E-state index contributed by atoms with van der Waals surface area (Å²) in [5, 5.41) is 10.9. The zero-order valence-corrected chi connectivity index (χ0v) is 12.1. The normalized spacial score (nSPS) is 11.9. The van der Waals surface area contributed by atoms with Crippen molar-refractivity contribution >= 4 is 33.0 Å². The Hall–Kier alpha value is -1.27. The summed E-state index contributed by atoms with van der Waals surface area (Å²) in [7, 11) is 0. The fraction of sp³-hybridized carbons (Fsp3) is 0.417. The molecule has 0 aliphatic rings. The predicted molar refractivity (Wildman–Crippen MR) is 74.7 cm³/mol.